The molecule has 6 nitrogen and oxygen atoms in total. The zero-order chi connectivity index (χ0) is 19.0. The van der Waals surface area contributed by atoms with Gasteiger partial charge >= 0.3 is 0 Å². The second kappa shape index (κ2) is 7.25. The number of amides is 1. The first-order valence-corrected chi connectivity index (χ1v) is 9.76. The van der Waals surface area contributed by atoms with Gasteiger partial charge in [-0.3, -0.25) is 4.79 Å². The second-order valence-corrected chi connectivity index (χ2v) is 7.84. The number of rotatable bonds is 3. The van der Waals surface area contributed by atoms with E-state index in [-0.39, 0.29) is 11.9 Å². The van der Waals surface area contributed by atoms with Gasteiger partial charge in [0.2, 0.25) is 11.1 Å². The third-order valence-corrected chi connectivity index (χ3v) is 6.17. The van der Waals surface area contributed by atoms with Gasteiger partial charge < -0.3 is 10.7 Å². The molecule has 0 aliphatic carbocycles. The number of aryl methyl sites for hydroxylation is 1. The molecule has 0 radical (unpaired) electrons. The Balaban J connectivity index is 1.67. The SMILES string of the molecule is Cc1c(Cl)cccc1NC(=O)[C@@H]1Sc2nnc(C)n2N[C@@H]1c1ccccc1. The summed E-state index contributed by atoms with van der Waals surface area (Å²) in [7, 11) is 0. The molecule has 2 N–H and O–H groups in total. The molecule has 1 aliphatic heterocycles. The summed E-state index contributed by atoms with van der Waals surface area (Å²) < 4.78 is 1.83. The van der Waals surface area contributed by atoms with E-state index in [0.29, 0.717) is 15.9 Å². The van der Waals surface area contributed by atoms with Crippen LogP contribution in [-0.2, 0) is 4.79 Å². The minimum atomic E-state index is -0.415. The molecule has 1 amide bonds. The second-order valence-electron chi connectivity index (χ2n) is 6.32. The molecule has 3 aromatic rings. The molecular weight excluding hydrogens is 382 g/mol. The lowest BCUT2D eigenvalue weighted by Gasteiger charge is -2.32. The molecule has 138 valence electrons. The maximum atomic E-state index is 13.2. The predicted molar refractivity (Wildman–Crippen MR) is 108 cm³/mol. The standard InChI is InChI=1S/C19H18ClN5OS/c1-11-14(20)9-6-10-15(11)21-18(26)17-16(13-7-4-3-5-8-13)24-25-12(2)22-23-19(25)27-17/h3-10,16-17,24H,1-2H3,(H,21,26)/t16-,17-/m1/s1. The third-order valence-electron chi connectivity index (χ3n) is 4.54. The van der Waals surface area contributed by atoms with Crippen LogP contribution in [0.4, 0.5) is 5.69 Å². The maximum absolute atomic E-state index is 13.2. The minimum Gasteiger partial charge on any atom is -0.325 e. The number of benzene rings is 2. The first kappa shape index (κ1) is 17.9. The highest BCUT2D eigenvalue weighted by Crippen LogP contribution is 2.37. The lowest BCUT2D eigenvalue weighted by Crippen LogP contribution is -2.41. The predicted octanol–water partition coefficient (Wildman–Crippen LogP) is 3.95. The number of nitrogens with one attached hydrogen (secondary N) is 2. The summed E-state index contributed by atoms with van der Waals surface area (Å²) >= 11 is 7.59. The van der Waals surface area contributed by atoms with Crippen molar-refractivity contribution in [3.05, 3.63) is 70.5 Å². The van der Waals surface area contributed by atoms with Crippen LogP contribution in [0.15, 0.2) is 53.7 Å². The topological polar surface area (TPSA) is 71.8 Å². The highest BCUT2D eigenvalue weighted by atomic mass is 35.5. The Labute approximate surface area is 166 Å². The van der Waals surface area contributed by atoms with Crippen molar-refractivity contribution in [2.24, 2.45) is 0 Å². The molecule has 0 bridgehead atoms. The summed E-state index contributed by atoms with van der Waals surface area (Å²) in [6.07, 6.45) is 0. The molecule has 2 heterocycles. The van der Waals surface area contributed by atoms with Crippen LogP contribution in [0.1, 0.15) is 23.0 Å². The van der Waals surface area contributed by atoms with Crippen molar-refractivity contribution in [2.45, 2.75) is 30.3 Å². The van der Waals surface area contributed by atoms with Gasteiger partial charge in [0.1, 0.15) is 11.1 Å². The number of carbonyl (C=O) groups is 1. The largest absolute Gasteiger partial charge is 0.325 e. The molecule has 0 saturated heterocycles. The van der Waals surface area contributed by atoms with Crippen LogP contribution < -0.4 is 10.7 Å². The van der Waals surface area contributed by atoms with Crippen LogP contribution in [0.3, 0.4) is 0 Å². The quantitative estimate of drug-likeness (QED) is 0.697. The summed E-state index contributed by atoms with van der Waals surface area (Å²) in [4.78, 5) is 13.2. The summed E-state index contributed by atoms with van der Waals surface area (Å²) in [5.41, 5.74) is 5.96. The molecule has 0 unspecified atom stereocenters. The van der Waals surface area contributed by atoms with Gasteiger partial charge in [0.05, 0.1) is 6.04 Å². The number of nitrogens with zero attached hydrogens (tertiary/aromatic N) is 3. The Kier molecular flexibility index (Phi) is 4.80. The summed E-state index contributed by atoms with van der Waals surface area (Å²) in [6, 6.07) is 15.2. The molecular formula is C19H18ClN5OS. The average molecular weight is 400 g/mol. The van der Waals surface area contributed by atoms with E-state index in [1.165, 1.54) is 11.8 Å². The van der Waals surface area contributed by atoms with Crippen molar-refractivity contribution in [2.75, 3.05) is 10.7 Å². The zero-order valence-corrected chi connectivity index (χ0v) is 16.4. The van der Waals surface area contributed by atoms with E-state index >= 15 is 0 Å². The van der Waals surface area contributed by atoms with E-state index in [2.05, 4.69) is 20.9 Å². The normalized spacial score (nSPS) is 18.5. The number of hydrogen-bond acceptors (Lipinski definition) is 5. The number of carbonyl (C=O) groups excluding carboxylic acids is 1. The maximum Gasteiger partial charge on any atom is 0.240 e. The van der Waals surface area contributed by atoms with Crippen molar-refractivity contribution < 1.29 is 4.79 Å². The van der Waals surface area contributed by atoms with E-state index in [9.17, 15) is 4.79 Å². The molecule has 8 heteroatoms. The van der Waals surface area contributed by atoms with Crippen LogP contribution in [-0.4, -0.2) is 26.0 Å². The highest BCUT2D eigenvalue weighted by molar-refractivity contribution is 8.00. The summed E-state index contributed by atoms with van der Waals surface area (Å²) in [6.45, 7) is 3.76. The van der Waals surface area contributed by atoms with Gasteiger partial charge in [0, 0.05) is 10.7 Å². The molecule has 0 spiro atoms. The van der Waals surface area contributed by atoms with Gasteiger partial charge in [-0.1, -0.05) is 59.8 Å². The molecule has 2 aromatic carbocycles. The van der Waals surface area contributed by atoms with E-state index in [0.717, 1.165) is 17.0 Å². The molecule has 1 aliphatic rings. The fraction of sp³-hybridized carbons (Fsp3) is 0.211. The van der Waals surface area contributed by atoms with Crippen LogP contribution in [0, 0.1) is 13.8 Å². The lowest BCUT2D eigenvalue weighted by atomic mass is 10.0. The van der Waals surface area contributed by atoms with Gasteiger partial charge in [-0.15, -0.1) is 10.2 Å². The Morgan fingerprint density at radius 2 is 1.93 bits per heavy atom. The van der Waals surface area contributed by atoms with Crippen LogP contribution >= 0.6 is 23.4 Å². The van der Waals surface area contributed by atoms with E-state index in [1.807, 2.05) is 67.1 Å². The van der Waals surface area contributed by atoms with E-state index in [1.54, 1.807) is 0 Å². The smallest absolute Gasteiger partial charge is 0.240 e. The number of thioether (sulfide) groups is 1. The summed E-state index contributed by atoms with van der Waals surface area (Å²) in [5.74, 6) is 0.640. The zero-order valence-electron chi connectivity index (χ0n) is 14.8. The molecule has 4 rings (SSSR count). The molecule has 0 saturated carbocycles. The van der Waals surface area contributed by atoms with Crippen molar-refractivity contribution in [3.8, 4) is 0 Å². The third kappa shape index (κ3) is 3.40. The fourth-order valence-corrected chi connectivity index (χ4v) is 4.32. The first-order valence-electron chi connectivity index (χ1n) is 8.51. The van der Waals surface area contributed by atoms with Crippen molar-refractivity contribution in [3.63, 3.8) is 0 Å². The Bertz CT molecular complexity index is 991. The van der Waals surface area contributed by atoms with Crippen molar-refractivity contribution in [1.29, 1.82) is 0 Å². The van der Waals surface area contributed by atoms with Crippen LogP contribution in [0.5, 0.6) is 0 Å². The highest BCUT2D eigenvalue weighted by Gasteiger charge is 2.37. The van der Waals surface area contributed by atoms with Crippen molar-refractivity contribution >= 4 is 35.0 Å². The molecule has 0 fully saturated rings. The lowest BCUT2D eigenvalue weighted by molar-refractivity contribution is -0.116. The number of anilines is 1. The van der Waals surface area contributed by atoms with Gasteiger partial charge in [-0.2, -0.15) is 0 Å². The number of aromatic nitrogens is 3. The molecule has 27 heavy (non-hydrogen) atoms. The van der Waals surface area contributed by atoms with Gasteiger partial charge in [-0.25, -0.2) is 4.68 Å². The first-order chi connectivity index (χ1) is 13.0. The minimum absolute atomic E-state index is 0.112. The molecule has 1 aromatic heterocycles. The monoisotopic (exact) mass is 399 g/mol. The van der Waals surface area contributed by atoms with Crippen molar-refractivity contribution in [1.82, 2.24) is 14.9 Å². The summed E-state index contributed by atoms with van der Waals surface area (Å²) in [5, 5.41) is 12.2. The van der Waals surface area contributed by atoms with Gasteiger partial charge in [0.15, 0.2) is 0 Å². The Morgan fingerprint density at radius 1 is 1.15 bits per heavy atom. The fourth-order valence-electron chi connectivity index (χ4n) is 3.02. The van der Waals surface area contributed by atoms with E-state index < -0.39 is 5.25 Å². The number of halogens is 1. The number of hydrogen-bond donors (Lipinski definition) is 2. The van der Waals surface area contributed by atoms with Crippen LogP contribution in [0.25, 0.3) is 0 Å². The number of fused-ring (bicyclic) bond motifs is 1. The average Bonchev–Trinajstić information content (AvgIpc) is 3.05. The van der Waals surface area contributed by atoms with Gasteiger partial charge in [-0.05, 0) is 37.1 Å². The van der Waals surface area contributed by atoms with E-state index in [4.69, 9.17) is 11.6 Å². The van der Waals surface area contributed by atoms with Gasteiger partial charge in [0.25, 0.3) is 0 Å². The molecule has 2 atom stereocenters. The Morgan fingerprint density at radius 3 is 2.70 bits per heavy atom. The van der Waals surface area contributed by atoms with Crippen LogP contribution in [0.2, 0.25) is 5.02 Å². The Hall–Kier alpha value is -2.51.